The third-order valence-electron chi connectivity index (χ3n) is 3.27. The van der Waals surface area contributed by atoms with Gasteiger partial charge < -0.3 is 10.2 Å². The second-order valence-corrected chi connectivity index (χ2v) is 4.67. The number of anilines is 1. The molecule has 1 saturated heterocycles. The van der Waals surface area contributed by atoms with E-state index in [1.807, 2.05) is 6.07 Å². The molecule has 1 unspecified atom stereocenters. The Kier molecular flexibility index (Phi) is 4.74. The van der Waals surface area contributed by atoms with Gasteiger partial charge in [-0.2, -0.15) is 5.10 Å². The first-order valence-electron chi connectivity index (χ1n) is 6.66. The summed E-state index contributed by atoms with van der Waals surface area (Å²) in [5, 5.41) is 11.7. The van der Waals surface area contributed by atoms with Gasteiger partial charge in [-0.05, 0) is 37.9 Å². The first-order valence-corrected chi connectivity index (χ1v) is 6.66. The number of hydrogen-bond donors (Lipinski definition) is 1. The van der Waals surface area contributed by atoms with Crippen LogP contribution in [-0.2, 0) is 0 Å². The van der Waals surface area contributed by atoms with Crippen molar-refractivity contribution in [2.75, 3.05) is 24.5 Å². The van der Waals surface area contributed by atoms with E-state index in [4.69, 9.17) is 0 Å². The minimum absolute atomic E-state index is 0.619. The number of hydrogen-bond acceptors (Lipinski definition) is 4. The summed E-state index contributed by atoms with van der Waals surface area (Å²) in [5.74, 6) is 1.01. The van der Waals surface area contributed by atoms with Crippen LogP contribution in [0, 0.1) is 0 Å². The number of rotatable bonds is 6. The molecule has 0 aliphatic carbocycles. The van der Waals surface area contributed by atoms with E-state index in [0.717, 1.165) is 25.5 Å². The molecule has 1 atom stereocenters. The number of nitrogens with one attached hydrogen (secondary N) is 1. The first kappa shape index (κ1) is 12.3. The average Bonchev–Trinajstić information content (AvgIpc) is 2.88. The van der Waals surface area contributed by atoms with E-state index >= 15 is 0 Å². The Morgan fingerprint density at radius 1 is 1.53 bits per heavy atom. The molecule has 0 amide bonds. The second-order valence-electron chi connectivity index (χ2n) is 4.67. The van der Waals surface area contributed by atoms with Crippen molar-refractivity contribution in [2.24, 2.45) is 0 Å². The molecule has 0 radical (unpaired) electrons. The Morgan fingerprint density at radius 3 is 3.12 bits per heavy atom. The van der Waals surface area contributed by atoms with Gasteiger partial charge in [0.05, 0.1) is 0 Å². The smallest absolute Gasteiger partial charge is 0.151 e. The average molecular weight is 234 g/mol. The summed E-state index contributed by atoms with van der Waals surface area (Å²) in [7, 11) is 0. The predicted molar refractivity (Wildman–Crippen MR) is 70.2 cm³/mol. The molecule has 1 fully saturated rings. The predicted octanol–water partition coefficient (Wildman–Crippen LogP) is 1.84. The Bertz CT molecular complexity index is 308. The molecule has 4 heteroatoms. The van der Waals surface area contributed by atoms with Crippen LogP contribution in [-0.4, -0.2) is 35.9 Å². The quantitative estimate of drug-likeness (QED) is 0.815. The van der Waals surface area contributed by atoms with E-state index in [1.165, 1.54) is 25.7 Å². The summed E-state index contributed by atoms with van der Waals surface area (Å²) in [4.78, 5) is 2.36. The van der Waals surface area contributed by atoms with Gasteiger partial charge in [0.15, 0.2) is 5.82 Å². The fourth-order valence-electron chi connectivity index (χ4n) is 2.29. The van der Waals surface area contributed by atoms with Gasteiger partial charge in [-0.1, -0.05) is 13.3 Å². The Labute approximate surface area is 103 Å². The highest BCUT2D eigenvalue weighted by Crippen LogP contribution is 2.13. The Balaban J connectivity index is 1.97. The van der Waals surface area contributed by atoms with E-state index in [0.29, 0.717) is 6.04 Å². The van der Waals surface area contributed by atoms with Crippen LogP contribution >= 0.6 is 0 Å². The molecule has 2 heterocycles. The zero-order valence-electron chi connectivity index (χ0n) is 10.6. The Morgan fingerprint density at radius 2 is 2.47 bits per heavy atom. The van der Waals surface area contributed by atoms with E-state index in [-0.39, 0.29) is 0 Å². The molecule has 0 spiro atoms. The fraction of sp³-hybridized carbons (Fsp3) is 0.692. The number of nitrogens with zero attached hydrogens (tertiary/aromatic N) is 3. The highest BCUT2D eigenvalue weighted by Gasteiger charge is 2.18. The number of aromatic nitrogens is 2. The minimum atomic E-state index is 0.619. The lowest BCUT2D eigenvalue weighted by molar-refractivity contribution is 0.567. The van der Waals surface area contributed by atoms with Crippen LogP contribution in [0.4, 0.5) is 5.82 Å². The van der Waals surface area contributed by atoms with Crippen LogP contribution in [0.3, 0.4) is 0 Å². The molecule has 1 aromatic heterocycles. The lowest BCUT2D eigenvalue weighted by Crippen LogP contribution is -2.38. The highest BCUT2D eigenvalue weighted by molar-refractivity contribution is 5.36. The lowest BCUT2D eigenvalue weighted by Gasteiger charge is -2.26. The molecule has 0 saturated carbocycles. The van der Waals surface area contributed by atoms with Gasteiger partial charge in [0.2, 0.25) is 0 Å². The van der Waals surface area contributed by atoms with Crippen molar-refractivity contribution in [3.8, 4) is 0 Å². The van der Waals surface area contributed by atoms with Gasteiger partial charge in [-0.25, -0.2) is 0 Å². The van der Waals surface area contributed by atoms with Gasteiger partial charge in [0.1, 0.15) is 0 Å². The van der Waals surface area contributed by atoms with Gasteiger partial charge in [0.25, 0.3) is 0 Å². The fourth-order valence-corrected chi connectivity index (χ4v) is 2.29. The topological polar surface area (TPSA) is 41.0 Å². The summed E-state index contributed by atoms with van der Waals surface area (Å²) in [6, 6.07) is 4.63. The van der Waals surface area contributed by atoms with Crippen molar-refractivity contribution in [3.63, 3.8) is 0 Å². The standard InChI is InChI=1S/C13H22N4/c1-2-3-10-17(11-12-6-4-8-14-12)13-7-5-9-15-16-13/h5,7,9,12,14H,2-4,6,8,10-11H2,1H3. The van der Waals surface area contributed by atoms with Gasteiger partial charge in [0, 0.05) is 25.3 Å². The third-order valence-corrected chi connectivity index (χ3v) is 3.27. The van der Waals surface area contributed by atoms with E-state index in [2.05, 4.69) is 33.4 Å². The maximum atomic E-state index is 4.22. The van der Waals surface area contributed by atoms with Crippen molar-refractivity contribution in [2.45, 2.75) is 38.6 Å². The molecule has 1 aliphatic rings. The van der Waals surface area contributed by atoms with Gasteiger partial charge in [-0.15, -0.1) is 5.10 Å². The van der Waals surface area contributed by atoms with Crippen LogP contribution < -0.4 is 10.2 Å². The van der Waals surface area contributed by atoms with Crippen molar-refractivity contribution in [1.29, 1.82) is 0 Å². The van der Waals surface area contributed by atoms with Crippen LogP contribution in [0.1, 0.15) is 32.6 Å². The molecular formula is C13H22N4. The van der Waals surface area contributed by atoms with Crippen LogP contribution in [0.25, 0.3) is 0 Å². The summed E-state index contributed by atoms with van der Waals surface area (Å²) >= 11 is 0. The van der Waals surface area contributed by atoms with Crippen molar-refractivity contribution in [3.05, 3.63) is 18.3 Å². The summed E-state index contributed by atoms with van der Waals surface area (Å²) in [6.45, 7) is 5.52. The zero-order valence-corrected chi connectivity index (χ0v) is 10.6. The zero-order chi connectivity index (χ0) is 11.9. The monoisotopic (exact) mass is 234 g/mol. The van der Waals surface area contributed by atoms with E-state index in [9.17, 15) is 0 Å². The number of unbranched alkanes of at least 4 members (excludes halogenated alkanes) is 1. The molecule has 0 aromatic carbocycles. The normalized spacial score (nSPS) is 19.5. The van der Waals surface area contributed by atoms with Gasteiger partial charge in [-0.3, -0.25) is 0 Å². The van der Waals surface area contributed by atoms with E-state index in [1.54, 1.807) is 6.20 Å². The molecule has 1 aromatic rings. The third kappa shape index (κ3) is 3.66. The van der Waals surface area contributed by atoms with Crippen molar-refractivity contribution < 1.29 is 0 Å². The SMILES string of the molecule is CCCCN(CC1CCCN1)c1cccnn1. The summed E-state index contributed by atoms with van der Waals surface area (Å²) < 4.78 is 0. The molecule has 94 valence electrons. The first-order chi connectivity index (χ1) is 8.40. The second kappa shape index (κ2) is 6.55. The van der Waals surface area contributed by atoms with Crippen LogP contribution in [0.15, 0.2) is 18.3 Å². The lowest BCUT2D eigenvalue weighted by atomic mass is 10.2. The maximum absolute atomic E-state index is 4.22. The van der Waals surface area contributed by atoms with Crippen LogP contribution in [0.2, 0.25) is 0 Å². The van der Waals surface area contributed by atoms with E-state index < -0.39 is 0 Å². The maximum Gasteiger partial charge on any atom is 0.151 e. The van der Waals surface area contributed by atoms with Crippen molar-refractivity contribution >= 4 is 5.82 Å². The summed E-state index contributed by atoms with van der Waals surface area (Å²) in [6.07, 6.45) is 6.74. The largest absolute Gasteiger partial charge is 0.354 e. The van der Waals surface area contributed by atoms with Gasteiger partial charge >= 0.3 is 0 Å². The van der Waals surface area contributed by atoms with Crippen molar-refractivity contribution in [1.82, 2.24) is 15.5 Å². The molecule has 2 rings (SSSR count). The molecule has 1 aliphatic heterocycles. The molecule has 1 N–H and O–H groups in total. The molecule has 17 heavy (non-hydrogen) atoms. The molecule has 4 nitrogen and oxygen atoms in total. The molecular weight excluding hydrogens is 212 g/mol. The Hall–Kier alpha value is -1.16. The van der Waals surface area contributed by atoms with Crippen LogP contribution in [0.5, 0.6) is 0 Å². The summed E-state index contributed by atoms with van der Waals surface area (Å²) in [5.41, 5.74) is 0. The molecule has 0 bridgehead atoms. The minimum Gasteiger partial charge on any atom is -0.354 e. The highest BCUT2D eigenvalue weighted by atomic mass is 15.3.